The minimum absolute atomic E-state index is 0.159. The summed E-state index contributed by atoms with van der Waals surface area (Å²) in [5, 5.41) is 12.8. The second-order valence-corrected chi connectivity index (χ2v) is 13.1. The van der Waals surface area contributed by atoms with Crippen LogP contribution in [-0.4, -0.2) is 42.3 Å². The predicted octanol–water partition coefficient (Wildman–Crippen LogP) is 6.98. The average Bonchev–Trinajstić information content (AvgIpc) is 3.89. The summed E-state index contributed by atoms with van der Waals surface area (Å²) < 4.78 is 16.3. The molecule has 0 spiro atoms. The lowest BCUT2D eigenvalue weighted by molar-refractivity contribution is -0.134. The van der Waals surface area contributed by atoms with Crippen LogP contribution in [0.25, 0.3) is 0 Å². The zero-order valence-electron chi connectivity index (χ0n) is 26.3. The number of hydrogen-bond acceptors (Lipinski definition) is 8. The number of nitrogens with zero attached hydrogens (tertiary/aromatic N) is 1. The zero-order chi connectivity index (χ0) is 32.8. The number of rotatable bonds is 16. The maximum Gasteiger partial charge on any atom is 0.407 e. The first-order chi connectivity index (χ1) is 23.0. The lowest BCUT2D eigenvalue weighted by atomic mass is 10.0. The fourth-order valence-electron chi connectivity index (χ4n) is 5.22. The third-order valence-corrected chi connectivity index (χ3v) is 9.41. The van der Waals surface area contributed by atoms with Gasteiger partial charge in [-0.2, -0.15) is 0 Å². The molecule has 2 aromatic carbocycles. The second kappa shape index (κ2) is 17.4. The Morgan fingerprint density at radius 1 is 0.872 bits per heavy atom. The zero-order valence-corrected chi connectivity index (χ0v) is 27.9. The number of thiophene rings is 2. The van der Waals surface area contributed by atoms with Gasteiger partial charge in [0.1, 0.15) is 12.6 Å². The molecule has 3 N–H and O–H groups in total. The van der Waals surface area contributed by atoms with Gasteiger partial charge in [0, 0.05) is 16.3 Å². The maximum absolute atomic E-state index is 14.1. The predicted molar refractivity (Wildman–Crippen MR) is 182 cm³/mol. The lowest BCUT2D eigenvalue weighted by Gasteiger charge is -2.28. The van der Waals surface area contributed by atoms with Crippen LogP contribution in [0.15, 0.2) is 83.6 Å². The van der Waals surface area contributed by atoms with E-state index in [0.29, 0.717) is 56.8 Å². The number of alkyl carbamates (subject to hydrolysis) is 1. The van der Waals surface area contributed by atoms with Gasteiger partial charge in [-0.25, -0.2) is 9.59 Å². The first kappa shape index (κ1) is 33.8. The third kappa shape index (κ3) is 10.2. The summed E-state index contributed by atoms with van der Waals surface area (Å²) in [6.45, 7) is 3.62. The smallest absolute Gasteiger partial charge is 0.407 e. The highest BCUT2D eigenvalue weighted by Gasteiger charge is 2.28. The highest BCUT2D eigenvalue weighted by Crippen LogP contribution is 2.34. The Morgan fingerprint density at radius 3 is 2.28 bits per heavy atom. The Bertz CT molecular complexity index is 1530. The highest BCUT2D eigenvalue weighted by atomic mass is 32.1. The molecule has 10 nitrogen and oxygen atoms in total. The molecular weight excluding hydrogens is 637 g/mol. The van der Waals surface area contributed by atoms with Crippen molar-refractivity contribution in [1.29, 1.82) is 0 Å². The van der Waals surface area contributed by atoms with Gasteiger partial charge in [-0.3, -0.25) is 4.79 Å². The monoisotopic (exact) mass is 676 g/mol. The molecule has 47 heavy (non-hydrogen) atoms. The van der Waals surface area contributed by atoms with E-state index in [9.17, 15) is 14.4 Å². The molecule has 3 heterocycles. The van der Waals surface area contributed by atoms with E-state index < -0.39 is 18.2 Å². The fourth-order valence-corrected chi connectivity index (χ4v) is 6.66. The van der Waals surface area contributed by atoms with Crippen molar-refractivity contribution in [3.05, 3.63) is 104 Å². The first-order valence-electron chi connectivity index (χ1n) is 15.7. The average molecular weight is 677 g/mol. The van der Waals surface area contributed by atoms with Crippen molar-refractivity contribution in [1.82, 2.24) is 20.9 Å². The number of hydrogen-bond donors (Lipinski definition) is 3. The molecule has 0 bridgehead atoms. The number of ether oxygens (including phenoxy) is 3. The molecule has 2 aromatic heterocycles. The molecule has 0 saturated carbocycles. The Hall–Kier alpha value is -4.55. The van der Waals surface area contributed by atoms with Crippen LogP contribution < -0.4 is 25.4 Å². The van der Waals surface area contributed by atoms with E-state index in [1.54, 1.807) is 27.6 Å². The van der Waals surface area contributed by atoms with E-state index in [2.05, 4.69) is 16.0 Å². The molecule has 0 radical (unpaired) electrons. The van der Waals surface area contributed by atoms with Crippen molar-refractivity contribution in [2.75, 3.05) is 13.3 Å². The Morgan fingerprint density at radius 2 is 1.60 bits per heavy atom. The summed E-state index contributed by atoms with van der Waals surface area (Å²) in [7, 11) is 0. The molecular formula is C35H40N4O6S2. The number of benzene rings is 2. The number of unbranched alkanes of at least 4 members (excludes halogenated alkanes) is 1. The van der Waals surface area contributed by atoms with Crippen LogP contribution in [0.3, 0.4) is 0 Å². The van der Waals surface area contributed by atoms with Gasteiger partial charge in [-0.05, 0) is 71.8 Å². The molecule has 0 fully saturated rings. The summed E-state index contributed by atoms with van der Waals surface area (Å²) in [5.41, 5.74) is 1.80. The highest BCUT2D eigenvalue weighted by molar-refractivity contribution is 7.10. The van der Waals surface area contributed by atoms with Crippen molar-refractivity contribution in [3.63, 3.8) is 0 Å². The summed E-state index contributed by atoms with van der Waals surface area (Å²) in [5.74, 6) is 1.16. The van der Waals surface area contributed by atoms with Gasteiger partial charge >= 0.3 is 12.1 Å². The summed E-state index contributed by atoms with van der Waals surface area (Å²) in [6, 6.07) is 21.6. The Balaban J connectivity index is 1.21. The van der Waals surface area contributed by atoms with Gasteiger partial charge in [0.05, 0.1) is 19.1 Å². The van der Waals surface area contributed by atoms with E-state index in [-0.39, 0.29) is 25.3 Å². The van der Waals surface area contributed by atoms with Crippen molar-refractivity contribution < 1.29 is 28.6 Å². The number of carbonyl (C=O) groups is 3. The van der Waals surface area contributed by atoms with E-state index in [0.717, 1.165) is 20.9 Å². The van der Waals surface area contributed by atoms with Crippen LogP contribution in [0.1, 0.15) is 59.5 Å². The maximum atomic E-state index is 14.1. The molecule has 5 rings (SSSR count). The number of fused-ring (bicyclic) bond motifs is 1. The van der Waals surface area contributed by atoms with Crippen LogP contribution in [-0.2, 0) is 29.2 Å². The summed E-state index contributed by atoms with van der Waals surface area (Å²) >= 11 is 3.19. The number of amides is 4. The SMILES string of the molecule is CC[C@H](NC(=O)N[C@@H](CCCCNC(=O)OCc1ccccc1)C(=O)N(Cc1cccs1)Cc1cccs1)c1ccc2c(c1)OCO2. The standard InChI is InChI=1S/C35H40N4O6S2/c1-2-29(26-15-16-31-32(20-26)45-24-44-31)37-34(41)38-30(14-6-7-17-36-35(42)43-23-25-10-4-3-5-11-25)33(40)39(21-27-12-8-18-46-27)22-28-13-9-19-47-28/h3-5,8-13,15-16,18-20,29-30H,2,6-7,14,17,21-24H2,1H3,(H,36,42)(H2,37,38,41)/t29-,30-/m0/s1. The molecule has 0 saturated heterocycles. The number of nitrogens with one attached hydrogen (secondary N) is 3. The van der Waals surface area contributed by atoms with E-state index in [1.807, 2.05) is 90.5 Å². The summed E-state index contributed by atoms with van der Waals surface area (Å²) in [4.78, 5) is 43.7. The van der Waals surface area contributed by atoms with Gasteiger partial charge < -0.3 is 35.1 Å². The Kier molecular flexibility index (Phi) is 12.5. The molecule has 0 aliphatic carbocycles. The first-order valence-corrected chi connectivity index (χ1v) is 17.5. The van der Waals surface area contributed by atoms with Gasteiger partial charge in [-0.1, -0.05) is 55.5 Å². The van der Waals surface area contributed by atoms with Crippen LogP contribution >= 0.6 is 22.7 Å². The largest absolute Gasteiger partial charge is 0.454 e. The van der Waals surface area contributed by atoms with Crippen LogP contribution in [0.5, 0.6) is 11.5 Å². The van der Waals surface area contributed by atoms with Crippen LogP contribution in [0.4, 0.5) is 9.59 Å². The second-order valence-electron chi connectivity index (χ2n) is 11.1. The van der Waals surface area contributed by atoms with Gasteiger partial charge in [0.15, 0.2) is 11.5 Å². The van der Waals surface area contributed by atoms with Crippen molar-refractivity contribution in [2.45, 2.75) is 64.4 Å². The Labute approximate surface area is 283 Å². The molecule has 1 aliphatic heterocycles. The van der Waals surface area contributed by atoms with Gasteiger partial charge in [0.2, 0.25) is 12.7 Å². The molecule has 12 heteroatoms. The third-order valence-electron chi connectivity index (χ3n) is 7.68. The van der Waals surface area contributed by atoms with Crippen LogP contribution in [0, 0.1) is 0 Å². The quantitative estimate of drug-likeness (QED) is 0.110. The molecule has 1 aliphatic rings. The minimum atomic E-state index is -0.769. The van der Waals surface area contributed by atoms with E-state index in [1.165, 1.54) is 0 Å². The number of urea groups is 1. The van der Waals surface area contributed by atoms with Gasteiger partial charge in [-0.15, -0.1) is 22.7 Å². The normalized spacial score (nSPS) is 13.0. The lowest BCUT2D eigenvalue weighted by Crippen LogP contribution is -2.51. The van der Waals surface area contributed by atoms with Crippen molar-refractivity contribution in [3.8, 4) is 11.5 Å². The summed E-state index contributed by atoms with van der Waals surface area (Å²) in [6.07, 6.45) is 1.75. The fraction of sp³-hybridized carbons (Fsp3) is 0.343. The number of carbonyl (C=O) groups excluding carboxylic acids is 3. The molecule has 0 unspecified atom stereocenters. The van der Waals surface area contributed by atoms with Gasteiger partial charge in [0.25, 0.3) is 0 Å². The van der Waals surface area contributed by atoms with E-state index in [4.69, 9.17) is 14.2 Å². The van der Waals surface area contributed by atoms with Crippen molar-refractivity contribution >= 4 is 40.7 Å². The minimum Gasteiger partial charge on any atom is -0.454 e. The molecule has 248 valence electrons. The van der Waals surface area contributed by atoms with Crippen LogP contribution in [0.2, 0.25) is 0 Å². The molecule has 4 aromatic rings. The van der Waals surface area contributed by atoms with E-state index >= 15 is 0 Å². The molecule has 4 amide bonds. The van der Waals surface area contributed by atoms with Crippen molar-refractivity contribution in [2.24, 2.45) is 0 Å². The molecule has 2 atom stereocenters. The topological polar surface area (TPSA) is 118 Å².